The van der Waals surface area contributed by atoms with Crippen LogP contribution in [0.25, 0.3) is 0 Å². The fourth-order valence-corrected chi connectivity index (χ4v) is 5.86. The van der Waals surface area contributed by atoms with Crippen LogP contribution < -0.4 is 0 Å². The monoisotopic (exact) mass is 602 g/mol. The molecule has 0 unspecified atom stereocenters. The third kappa shape index (κ3) is 17.7. The first-order valence-electron chi connectivity index (χ1n) is 15.4. The SMILES string of the molecule is CC/C=C\C[C@@H](/C=C/C=C\C/C=C\C/C=C\C=C\[C@H](CCC(=O)OC)O[Si](C)(C)C(C)(C)C)O[Si](C)(C)C(C)(C)C. The highest BCUT2D eigenvalue weighted by Crippen LogP contribution is 2.38. The summed E-state index contributed by atoms with van der Waals surface area (Å²) in [6.07, 6.45) is 30.5. The first-order valence-corrected chi connectivity index (χ1v) is 21.2. The van der Waals surface area contributed by atoms with E-state index in [1.165, 1.54) is 7.11 Å². The second kappa shape index (κ2) is 19.5. The van der Waals surface area contributed by atoms with Crippen LogP contribution >= 0.6 is 0 Å². The summed E-state index contributed by atoms with van der Waals surface area (Å²) in [6.45, 7) is 24.8. The van der Waals surface area contributed by atoms with E-state index in [4.69, 9.17) is 13.6 Å². The zero-order chi connectivity index (χ0) is 31.6. The minimum Gasteiger partial charge on any atom is -0.469 e. The van der Waals surface area contributed by atoms with Crippen molar-refractivity contribution in [3.8, 4) is 0 Å². The number of rotatable bonds is 18. The minimum atomic E-state index is -1.94. The van der Waals surface area contributed by atoms with Crippen LogP contribution in [0.4, 0.5) is 0 Å². The Morgan fingerprint density at radius 2 is 1.15 bits per heavy atom. The van der Waals surface area contributed by atoms with Crippen molar-refractivity contribution in [2.24, 2.45) is 0 Å². The molecule has 0 aromatic heterocycles. The van der Waals surface area contributed by atoms with Crippen LogP contribution in [0.5, 0.6) is 0 Å². The van der Waals surface area contributed by atoms with Crippen LogP contribution in [-0.4, -0.2) is 41.9 Å². The van der Waals surface area contributed by atoms with Gasteiger partial charge in [-0.3, -0.25) is 4.79 Å². The average molecular weight is 603 g/mol. The molecule has 41 heavy (non-hydrogen) atoms. The maximum absolute atomic E-state index is 11.7. The van der Waals surface area contributed by atoms with E-state index >= 15 is 0 Å². The number of hydrogen-bond donors (Lipinski definition) is 0. The third-order valence-electron chi connectivity index (χ3n) is 7.99. The topological polar surface area (TPSA) is 44.8 Å². The number of methoxy groups -OCH3 is 1. The molecule has 0 fully saturated rings. The van der Waals surface area contributed by atoms with E-state index in [9.17, 15) is 4.79 Å². The van der Waals surface area contributed by atoms with Crippen LogP contribution in [-0.2, 0) is 18.4 Å². The molecule has 0 aromatic rings. The summed E-state index contributed by atoms with van der Waals surface area (Å²) in [5, 5.41) is 0.310. The van der Waals surface area contributed by atoms with Gasteiger partial charge in [0.2, 0.25) is 0 Å². The molecule has 0 N–H and O–H groups in total. The number of allylic oxidation sites excluding steroid dienone is 9. The number of ether oxygens (including phenoxy) is 1. The first kappa shape index (κ1) is 39.3. The summed E-state index contributed by atoms with van der Waals surface area (Å²) < 4.78 is 18.0. The van der Waals surface area contributed by atoms with Gasteiger partial charge in [0.05, 0.1) is 19.3 Å². The Hall–Kier alpha value is -1.74. The molecule has 2 atom stereocenters. The first-order chi connectivity index (χ1) is 19.0. The van der Waals surface area contributed by atoms with E-state index < -0.39 is 16.6 Å². The Kier molecular flexibility index (Phi) is 18.6. The lowest BCUT2D eigenvalue weighted by Crippen LogP contribution is -2.43. The van der Waals surface area contributed by atoms with Gasteiger partial charge in [0, 0.05) is 6.42 Å². The average Bonchev–Trinajstić information content (AvgIpc) is 2.85. The number of hydrogen-bond acceptors (Lipinski definition) is 4. The summed E-state index contributed by atoms with van der Waals surface area (Å²) in [6, 6.07) is 0. The molecule has 0 bridgehead atoms. The lowest BCUT2D eigenvalue weighted by molar-refractivity contribution is -0.141. The molecule has 0 aliphatic heterocycles. The van der Waals surface area contributed by atoms with Gasteiger partial charge in [0.1, 0.15) is 0 Å². The van der Waals surface area contributed by atoms with E-state index in [1.54, 1.807) is 0 Å². The van der Waals surface area contributed by atoms with Crippen molar-refractivity contribution in [2.75, 3.05) is 7.11 Å². The highest BCUT2D eigenvalue weighted by Gasteiger charge is 2.39. The van der Waals surface area contributed by atoms with Gasteiger partial charge in [0.15, 0.2) is 16.6 Å². The van der Waals surface area contributed by atoms with Crippen molar-refractivity contribution in [1.29, 1.82) is 0 Å². The molecule has 0 saturated heterocycles. The van der Waals surface area contributed by atoms with Gasteiger partial charge >= 0.3 is 5.97 Å². The predicted molar refractivity (Wildman–Crippen MR) is 184 cm³/mol. The summed E-state index contributed by atoms with van der Waals surface area (Å²) in [5.41, 5.74) is 0. The fourth-order valence-electron chi connectivity index (χ4n) is 3.27. The van der Waals surface area contributed by atoms with E-state index in [0.29, 0.717) is 12.8 Å². The summed E-state index contributed by atoms with van der Waals surface area (Å²) in [7, 11) is -2.33. The van der Waals surface area contributed by atoms with Crippen molar-refractivity contribution in [3.63, 3.8) is 0 Å². The summed E-state index contributed by atoms with van der Waals surface area (Å²) in [4.78, 5) is 11.7. The molecular weight excluding hydrogens is 541 g/mol. The fraction of sp³-hybridized carbons (Fsp3) is 0.629. The van der Waals surface area contributed by atoms with E-state index in [2.05, 4.69) is 141 Å². The van der Waals surface area contributed by atoms with Gasteiger partial charge in [-0.1, -0.05) is 121 Å². The zero-order valence-electron chi connectivity index (χ0n) is 28.5. The van der Waals surface area contributed by atoms with Crippen molar-refractivity contribution >= 4 is 22.6 Å². The molecule has 234 valence electrons. The van der Waals surface area contributed by atoms with Gasteiger partial charge in [-0.25, -0.2) is 0 Å². The normalized spacial score (nSPS) is 15.9. The smallest absolute Gasteiger partial charge is 0.305 e. The molecule has 0 spiro atoms. The van der Waals surface area contributed by atoms with E-state index in [0.717, 1.165) is 25.7 Å². The molecule has 0 aliphatic rings. The largest absolute Gasteiger partial charge is 0.469 e. The number of carbonyl (C=O) groups excluding carboxylic acids is 1. The second-order valence-corrected chi connectivity index (χ2v) is 23.1. The molecule has 0 radical (unpaired) electrons. The predicted octanol–water partition coefficient (Wildman–Crippen LogP) is 10.6. The molecule has 0 amide bonds. The van der Waals surface area contributed by atoms with Gasteiger partial charge in [-0.2, -0.15) is 0 Å². The minimum absolute atomic E-state index is 0.0945. The highest BCUT2D eigenvalue weighted by atomic mass is 28.4. The molecular formula is C35H62O4Si2. The number of esters is 1. The summed E-state index contributed by atoms with van der Waals surface area (Å²) >= 11 is 0. The quantitative estimate of drug-likeness (QED) is 0.0677. The molecule has 0 rings (SSSR count). The Bertz CT molecular complexity index is 909. The van der Waals surface area contributed by atoms with Crippen molar-refractivity contribution in [1.82, 2.24) is 0 Å². The van der Waals surface area contributed by atoms with Crippen LogP contribution in [0.2, 0.25) is 36.3 Å². The lowest BCUT2D eigenvalue weighted by Gasteiger charge is -2.38. The molecule has 0 aliphatic carbocycles. The Labute approximate surface area is 256 Å². The molecule has 0 heterocycles. The van der Waals surface area contributed by atoms with Gasteiger partial charge in [-0.15, -0.1) is 0 Å². The Morgan fingerprint density at radius 1 is 0.683 bits per heavy atom. The van der Waals surface area contributed by atoms with Gasteiger partial charge in [-0.05, 0) is 68.4 Å². The van der Waals surface area contributed by atoms with Crippen LogP contribution in [0.3, 0.4) is 0 Å². The lowest BCUT2D eigenvalue weighted by atomic mass is 10.2. The Morgan fingerprint density at radius 3 is 1.59 bits per heavy atom. The highest BCUT2D eigenvalue weighted by molar-refractivity contribution is 6.74. The van der Waals surface area contributed by atoms with E-state index in [1.807, 2.05) is 6.08 Å². The zero-order valence-corrected chi connectivity index (χ0v) is 30.5. The van der Waals surface area contributed by atoms with Crippen molar-refractivity contribution < 1.29 is 18.4 Å². The maximum Gasteiger partial charge on any atom is 0.305 e. The molecule has 4 nitrogen and oxygen atoms in total. The van der Waals surface area contributed by atoms with Crippen LogP contribution in [0.15, 0.2) is 72.9 Å². The molecule has 0 saturated carbocycles. The summed E-state index contributed by atoms with van der Waals surface area (Å²) in [5.74, 6) is -0.198. The number of carbonyl (C=O) groups is 1. The van der Waals surface area contributed by atoms with Crippen LogP contribution in [0.1, 0.15) is 87.0 Å². The van der Waals surface area contributed by atoms with E-state index in [-0.39, 0.29) is 28.3 Å². The van der Waals surface area contributed by atoms with Crippen molar-refractivity contribution in [2.45, 2.75) is 135 Å². The Balaban J connectivity index is 4.86. The van der Waals surface area contributed by atoms with Gasteiger partial charge < -0.3 is 13.6 Å². The second-order valence-electron chi connectivity index (χ2n) is 13.6. The van der Waals surface area contributed by atoms with Gasteiger partial charge in [0.25, 0.3) is 0 Å². The standard InChI is InChI=1S/C35H62O4Si2/c1-13-14-23-26-31(38-40(9,10)34(2,3)4)27-24-21-19-17-15-16-18-20-22-25-28-32(29-30-33(36)37-8)39-41(11,12)35(5,6)7/h14-16,19-25,27-28,31-32H,13,17-18,26,29-30H2,1-12H3/b16-15-,21-19-,22-20-,23-14-,27-24+,28-25+/t31-,32+/m0/s1. The molecule has 6 heteroatoms. The van der Waals surface area contributed by atoms with Crippen molar-refractivity contribution in [3.05, 3.63) is 72.9 Å². The molecule has 0 aromatic carbocycles. The van der Waals surface area contributed by atoms with Crippen LogP contribution in [0, 0.1) is 0 Å². The maximum atomic E-state index is 11.7. The third-order valence-corrected chi connectivity index (χ3v) is 17.0.